The molecule has 0 rings (SSSR count). The monoisotopic (exact) mass is 270 g/mol. The Morgan fingerprint density at radius 2 is 1.68 bits per heavy atom. The Morgan fingerprint density at radius 1 is 1.11 bits per heavy atom. The summed E-state index contributed by atoms with van der Waals surface area (Å²) in [5.41, 5.74) is 0.430. The van der Waals surface area contributed by atoms with E-state index >= 15 is 0 Å². The number of hydrogen-bond acceptors (Lipinski definition) is 3. The highest BCUT2D eigenvalue weighted by Crippen LogP contribution is 2.07. The van der Waals surface area contributed by atoms with Crippen LogP contribution in [0.2, 0.25) is 0 Å². The first-order chi connectivity index (χ1) is 9.07. The van der Waals surface area contributed by atoms with E-state index in [1.807, 2.05) is 6.92 Å². The van der Waals surface area contributed by atoms with E-state index in [9.17, 15) is 4.79 Å². The van der Waals surface area contributed by atoms with Gasteiger partial charge in [0.1, 0.15) is 6.10 Å². The van der Waals surface area contributed by atoms with Crippen molar-refractivity contribution in [1.29, 1.82) is 0 Å². The molecule has 0 fully saturated rings. The van der Waals surface area contributed by atoms with Gasteiger partial charge >= 0.3 is 5.97 Å². The fourth-order valence-electron chi connectivity index (χ4n) is 1.73. The van der Waals surface area contributed by atoms with Crippen molar-refractivity contribution in [2.24, 2.45) is 0 Å². The van der Waals surface area contributed by atoms with Gasteiger partial charge in [-0.05, 0) is 20.3 Å². The van der Waals surface area contributed by atoms with E-state index in [1.54, 1.807) is 6.92 Å². The Labute approximate surface area is 118 Å². The lowest BCUT2D eigenvalue weighted by molar-refractivity contribution is -0.146. The van der Waals surface area contributed by atoms with Crippen LogP contribution in [0.4, 0.5) is 0 Å². The van der Waals surface area contributed by atoms with Crippen LogP contribution < -0.4 is 0 Å². The highest BCUT2D eigenvalue weighted by Gasteiger charge is 2.09. The van der Waals surface area contributed by atoms with E-state index in [1.165, 1.54) is 38.5 Å². The Kier molecular flexibility index (Phi) is 11.7. The normalized spacial score (nSPS) is 12.2. The first-order valence-corrected chi connectivity index (χ1v) is 7.52. The largest absolute Gasteiger partial charge is 0.457 e. The number of unbranched alkanes of at least 4 members (excludes halogenated alkanes) is 6. The second kappa shape index (κ2) is 12.2. The van der Waals surface area contributed by atoms with Gasteiger partial charge in [0.2, 0.25) is 0 Å². The van der Waals surface area contributed by atoms with Crippen LogP contribution >= 0.6 is 0 Å². The van der Waals surface area contributed by atoms with Crippen LogP contribution in [0.1, 0.15) is 65.7 Å². The summed E-state index contributed by atoms with van der Waals surface area (Å²) in [7, 11) is 0. The summed E-state index contributed by atoms with van der Waals surface area (Å²) in [5, 5.41) is 0. The predicted octanol–water partition coefficient (Wildman–Crippen LogP) is 4.26. The van der Waals surface area contributed by atoms with E-state index in [0.29, 0.717) is 12.2 Å². The highest BCUT2D eigenvalue weighted by molar-refractivity contribution is 5.87. The molecule has 0 heterocycles. The van der Waals surface area contributed by atoms with Gasteiger partial charge < -0.3 is 9.47 Å². The summed E-state index contributed by atoms with van der Waals surface area (Å²) in [6.45, 7) is 10.5. The van der Waals surface area contributed by atoms with Crippen LogP contribution in [0, 0.1) is 0 Å². The van der Waals surface area contributed by atoms with Crippen molar-refractivity contribution in [2.45, 2.75) is 71.8 Å². The molecule has 0 aromatic carbocycles. The molecule has 19 heavy (non-hydrogen) atoms. The van der Waals surface area contributed by atoms with Gasteiger partial charge in [-0.15, -0.1) is 0 Å². The number of ether oxygens (including phenoxy) is 2. The lowest BCUT2D eigenvalue weighted by Crippen LogP contribution is -2.20. The molecule has 3 heteroatoms. The van der Waals surface area contributed by atoms with E-state index < -0.39 is 0 Å². The van der Waals surface area contributed by atoms with Crippen molar-refractivity contribution in [1.82, 2.24) is 0 Å². The molecule has 0 aliphatic carbocycles. The molecule has 0 aliphatic heterocycles. The third-order valence-electron chi connectivity index (χ3n) is 2.90. The number of rotatable bonds is 12. The van der Waals surface area contributed by atoms with E-state index in [2.05, 4.69) is 13.5 Å². The summed E-state index contributed by atoms with van der Waals surface area (Å²) in [6.07, 6.45) is 8.74. The molecule has 0 saturated heterocycles. The van der Waals surface area contributed by atoms with Gasteiger partial charge in [-0.3, -0.25) is 0 Å². The average Bonchev–Trinajstić information content (AvgIpc) is 2.36. The fourth-order valence-corrected chi connectivity index (χ4v) is 1.73. The van der Waals surface area contributed by atoms with Crippen molar-refractivity contribution in [3.05, 3.63) is 12.2 Å². The van der Waals surface area contributed by atoms with Gasteiger partial charge in [0.25, 0.3) is 0 Å². The number of carbonyl (C=O) groups is 1. The SMILES string of the molecule is C=C(C)C(=O)OC(C)COCCCCCCCCC. The van der Waals surface area contributed by atoms with Crippen LogP contribution in [0.3, 0.4) is 0 Å². The Hall–Kier alpha value is -0.830. The molecule has 0 amide bonds. The zero-order valence-electron chi connectivity index (χ0n) is 12.9. The molecule has 112 valence electrons. The van der Waals surface area contributed by atoms with E-state index in [-0.39, 0.29) is 12.1 Å². The standard InChI is InChI=1S/C16H30O3/c1-5-6-7-8-9-10-11-12-18-13-15(4)19-16(17)14(2)3/h15H,2,5-13H2,1,3-4H3. The van der Waals surface area contributed by atoms with Crippen LogP contribution in [-0.2, 0) is 14.3 Å². The van der Waals surface area contributed by atoms with Crippen molar-refractivity contribution in [3.63, 3.8) is 0 Å². The molecule has 0 radical (unpaired) electrons. The zero-order chi connectivity index (χ0) is 14.5. The minimum absolute atomic E-state index is 0.200. The fraction of sp³-hybridized carbons (Fsp3) is 0.812. The average molecular weight is 270 g/mol. The summed E-state index contributed by atoms with van der Waals surface area (Å²) in [4.78, 5) is 11.2. The third kappa shape index (κ3) is 12.0. The highest BCUT2D eigenvalue weighted by atomic mass is 16.6. The van der Waals surface area contributed by atoms with Crippen LogP contribution in [0.15, 0.2) is 12.2 Å². The van der Waals surface area contributed by atoms with E-state index in [0.717, 1.165) is 13.0 Å². The maximum absolute atomic E-state index is 11.2. The zero-order valence-corrected chi connectivity index (χ0v) is 12.9. The second-order valence-corrected chi connectivity index (χ2v) is 5.19. The third-order valence-corrected chi connectivity index (χ3v) is 2.90. The van der Waals surface area contributed by atoms with Crippen molar-refractivity contribution in [3.8, 4) is 0 Å². The molecule has 3 nitrogen and oxygen atoms in total. The van der Waals surface area contributed by atoms with Gasteiger partial charge in [-0.1, -0.05) is 52.0 Å². The summed E-state index contributed by atoms with van der Waals surface area (Å²) in [6, 6.07) is 0. The Balaban J connectivity index is 3.29. The number of carbonyl (C=O) groups excluding carboxylic acids is 1. The first kappa shape index (κ1) is 18.2. The molecule has 0 saturated carbocycles. The maximum Gasteiger partial charge on any atom is 0.333 e. The molecule has 0 bridgehead atoms. The minimum Gasteiger partial charge on any atom is -0.457 e. The molecule has 0 N–H and O–H groups in total. The summed E-state index contributed by atoms with van der Waals surface area (Å²) in [5.74, 6) is -0.341. The van der Waals surface area contributed by atoms with Gasteiger partial charge in [0.15, 0.2) is 0 Å². The van der Waals surface area contributed by atoms with Crippen LogP contribution in [-0.4, -0.2) is 25.3 Å². The molecule has 1 unspecified atom stereocenters. The lowest BCUT2D eigenvalue weighted by Gasteiger charge is -2.13. The molecule has 0 aromatic heterocycles. The van der Waals surface area contributed by atoms with Gasteiger partial charge in [-0.25, -0.2) is 4.79 Å². The van der Waals surface area contributed by atoms with Crippen LogP contribution in [0.5, 0.6) is 0 Å². The molecule has 1 atom stereocenters. The van der Waals surface area contributed by atoms with E-state index in [4.69, 9.17) is 9.47 Å². The minimum atomic E-state index is -0.341. The van der Waals surface area contributed by atoms with Crippen molar-refractivity contribution < 1.29 is 14.3 Å². The smallest absolute Gasteiger partial charge is 0.333 e. The molecular formula is C16H30O3. The Bertz CT molecular complexity index is 248. The molecule has 0 aliphatic rings. The van der Waals surface area contributed by atoms with Gasteiger partial charge in [0, 0.05) is 12.2 Å². The topological polar surface area (TPSA) is 35.5 Å². The first-order valence-electron chi connectivity index (χ1n) is 7.52. The molecule has 0 spiro atoms. The van der Waals surface area contributed by atoms with Crippen LogP contribution in [0.25, 0.3) is 0 Å². The van der Waals surface area contributed by atoms with Gasteiger partial charge in [0.05, 0.1) is 6.61 Å². The second-order valence-electron chi connectivity index (χ2n) is 5.19. The van der Waals surface area contributed by atoms with Gasteiger partial charge in [-0.2, -0.15) is 0 Å². The molecular weight excluding hydrogens is 240 g/mol. The number of esters is 1. The lowest BCUT2D eigenvalue weighted by atomic mass is 10.1. The Morgan fingerprint density at radius 3 is 2.26 bits per heavy atom. The van der Waals surface area contributed by atoms with Crippen molar-refractivity contribution in [2.75, 3.05) is 13.2 Å². The molecule has 0 aromatic rings. The summed E-state index contributed by atoms with van der Waals surface area (Å²) < 4.78 is 10.6. The predicted molar refractivity (Wildman–Crippen MR) is 79.2 cm³/mol. The summed E-state index contributed by atoms with van der Waals surface area (Å²) >= 11 is 0. The quantitative estimate of drug-likeness (QED) is 0.302. The maximum atomic E-state index is 11.2. The van der Waals surface area contributed by atoms with Crippen molar-refractivity contribution >= 4 is 5.97 Å². The number of hydrogen-bond donors (Lipinski definition) is 0.